The van der Waals surface area contributed by atoms with E-state index in [1.807, 2.05) is 65.6 Å². The van der Waals surface area contributed by atoms with Crippen LogP contribution in [0.4, 0.5) is 0 Å². The first-order valence-electron chi connectivity index (χ1n) is 13.7. The fourth-order valence-corrected chi connectivity index (χ4v) is 7.00. The maximum atomic E-state index is 14.2. The van der Waals surface area contributed by atoms with Gasteiger partial charge in [-0.3, -0.25) is 9.59 Å². The number of benzene rings is 3. The molecule has 0 N–H and O–H groups in total. The van der Waals surface area contributed by atoms with Crippen molar-refractivity contribution < 1.29 is 14.3 Å². The molecule has 0 radical (unpaired) electrons. The number of carbonyl (C=O) groups is 2. The van der Waals surface area contributed by atoms with Gasteiger partial charge in [0.1, 0.15) is 10.6 Å². The van der Waals surface area contributed by atoms with Crippen molar-refractivity contribution in [2.75, 3.05) is 21.2 Å². The maximum Gasteiger partial charge on any atom is 0.266 e. The van der Waals surface area contributed by atoms with Gasteiger partial charge in [-0.15, -0.1) is 11.3 Å². The molecule has 40 heavy (non-hydrogen) atoms. The SMILES string of the molecule is COc1ccc(-c2ccc(C(=O)N(C)C)cc2)cc1CN(C(=O)c1sc2ccccc2c1Cl)[C@H]1CC[C@H](C)CC1. The van der Waals surface area contributed by atoms with Gasteiger partial charge in [0.05, 0.1) is 12.1 Å². The molecule has 0 spiro atoms. The van der Waals surface area contributed by atoms with Crippen molar-refractivity contribution in [3.05, 3.63) is 87.8 Å². The average Bonchev–Trinajstić information content (AvgIpc) is 3.32. The third kappa shape index (κ3) is 5.74. The van der Waals surface area contributed by atoms with E-state index in [1.165, 1.54) is 11.3 Å². The molecular formula is C33H35ClN2O3S. The minimum absolute atomic E-state index is 0.0234. The van der Waals surface area contributed by atoms with E-state index in [9.17, 15) is 9.59 Å². The van der Waals surface area contributed by atoms with Crippen LogP contribution in [0.5, 0.6) is 5.75 Å². The smallest absolute Gasteiger partial charge is 0.266 e. The van der Waals surface area contributed by atoms with Crippen LogP contribution in [-0.2, 0) is 6.54 Å². The van der Waals surface area contributed by atoms with Crippen molar-refractivity contribution in [3.8, 4) is 16.9 Å². The second-order valence-electron chi connectivity index (χ2n) is 10.9. The molecule has 1 heterocycles. The Balaban J connectivity index is 1.50. The number of rotatable bonds is 7. The molecule has 1 aliphatic rings. The molecule has 5 rings (SSSR count). The summed E-state index contributed by atoms with van der Waals surface area (Å²) in [4.78, 5) is 30.7. The molecule has 2 amide bonds. The largest absolute Gasteiger partial charge is 0.496 e. The van der Waals surface area contributed by atoms with Crippen molar-refractivity contribution in [1.29, 1.82) is 0 Å². The molecule has 1 aromatic heterocycles. The number of hydrogen-bond acceptors (Lipinski definition) is 4. The van der Waals surface area contributed by atoms with Gasteiger partial charge in [0, 0.05) is 47.9 Å². The van der Waals surface area contributed by atoms with E-state index in [1.54, 1.807) is 26.1 Å². The highest BCUT2D eigenvalue weighted by atomic mass is 35.5. The highest BCUT2D eigenvalue weighted by Crippen LogP contribution is 2.39. The zero-order valence-corrected chi connectivity index (χ0v) is 25.0. The predicted octanol–water partition coefficient (Wildman–Crippen LogP) is 8.15. The van der Waals surface area contributed by atoms with Crippen LogP contribution in [0.3, 0.4) is 0 Å². The molecule has 0 saturated heterocycles. The summed E-state index contributed by atoms with van der Waals surface area (Å²) >= 11 is 8.26. The Labute approximate surface area is 245 Å². The van der Waals surface area contributed by atoms with Gasteiger partial charge >= 0.3 is 0 Å². The highest BCUT2D eigenvalue weighted by molar-refractivity contribution is 7.21. The fraction of sp³-hybridized carbons (Fsp3) is 0.333. The first-order valence-corrected chi connectivity index (χ1v) is 14.9. The summed E-state index contributed by atoms with van der Waals surface area (Å²) in [5, 5.41) is 1.46. The lowest BCUT2D eigenvalue weighted by molar-refractivity contribution is 0.0596. The summed E-state index contributed by atoms with van der Waals surface area (Å²) in [6.45, 7) is 2.71. The van der Waals surface area contributed by atoms with Gasteiger partial charge in [-0.2, -0.15) is 0 Å². The second kappa shape index (κ2) is 12.0. The standard InChI is InChI=1S/C33H35ClN2O3S/c1-21-9-16-26(17-10-21)36(33(38)31-30(34)27-7-5-6-8-29(27)40-31)20-25-19-24(15-18-28(25)39-4)22-11-13-23(14-12-22)32(37)35(2)3/h5-8,11-15,18-19,21,26H,9-10,16-17,20H2,1-4H3/t21-,26-. The summed E-state index contributed by atoms with van der Waals surface area (Å²) in [7, 11) is 5.16. The minimum atomic E-state index is -0.0298. The molecule has 3 aromatic carbocycles. The van der Waals surface area contributed by atoms with E-state index >= 15 is 0 Å². The van der Waals surface area contributed by atoms with Gasteiger partial charge in [0.2, 0.25) is 0 Å². The molecule has 0 bridgehead atoms. The van der Waals surface area contributed by atoms with Crippen molar-refractivity contribution in [2.24, 2.45) is 5.92 Å². The number of carbonyl (C=O) groups excluding carboxylic acids is 2. The molecular weight excluding hydrogens is 540 g/mol. The van der Waals surface area contributed by atoms with Crippen LogP contribution in [0.25, 0.3) is 21.2 Å². The second-order valence-corrected chi connectivity index (χ2v) is 12.3. The van der Waals surface area contributed by atoms with E-state index in [2.05, 4.69) is 13.0 Å². The lowest BCUT2D eigenvalue weighted by Gasteiger charge is -2.36. The molecule has 7 heteroatoms. The van der Waals surface area contributed by atoms with Gasteiger partial charge in [0.25, 0.3) is 11.8 Å². The minimum Gasteiger partial charge on any atom is -0.496 e. The molecule has 1 aliphatic carbocycles. The number of thiophene rings is 1. The predicted molar refractivity (Wildman–Crippen MR) is 165 cm³/mol. The van der Waals surface area contributed by atoms with E-state index in [0.29, 0.717) is 27.9 Å². The number of methoxy groups -OCH3 is 1. The van der Waals surface area contributed by atoms with E-state index in [4.69, 9.17) is 16.3 Å². The molecule has 0 atom stereocenters. The average molecular weight is 575 g/mol. The van der Waals surface area contributed by atoms with Crippen molar-refractivity contribution in [2.45, 2.75) is 45.2 Å². The van der Waals surface area contributed by atoms with Gasteiger partial charge in [-0.05, 0) is 73.1 Å². The Morgan fingerprint density at radius 1 is 0.925 bits per heavy atom. The van der Waals surface area contributed by atoms with Crippen LogP contribution in [0, 0.1) is 5.92 Å². The summed E-state index contributed by atoms with van der Waals surface area (Å²) in [6.07, 6.45) is 4.14. The monoisotopic (exact) mass is 574 g/mol. The molecule has 0 unspecified atom stereocenters. The molecule has 1 saturated carbocycles. The van der Waals surface area contributed by atoms with Crippen molar-refractivity contribution in [1.82, 2.24) is 9.80 Å². The third-order valence-electron chi connectivity index (χ3n) is 7.91. The Morgan fingerprint density at radius 3 is 2.25 bits per heavy atom. The molecule has 0 aliphatic heterocycles. The number of hydrogen-bond donors (Lipinski definition) is 0. The van der Waals surface area contributed by atoms with Gasteiger partial charge in [-0.25, -0.2) is 0 Å². The van der Waals surface area contributed by atoms with Gasteiger partial charge in [-0.1, -0.05) is 54.9 Å². The Bertz CT molecular complexity index is 1520. The topological polar surface area (TPSA) is 49.9 Å². The third-order valence-corrected chi connectivity index (χ3v) is 9.57. The van der Waals surface area contributed by atoms with Gasteiger partial charge in [0.15, 0.2) is 0 Å². The number of nitrogens with zero attached hydrogens (tertiary/aromatic N) is 2. The van der Waals surface area contributed by atoms with E-state index in [0.717, 1.165) is 58.2 Å². The summed E-state index contributed by atoms with van der Waals surface area (Å²) in [6, 6.07) is 21.8. The first-order chi connectivity index (χ1) is 19.3. The van der Waals surface area contributed by atoms with Crippen LogP contribution in [0.1, 0.15) is 58.2 Å². The van der Waals surface area contributed by atoms with Crippen LogP contribution in [0.15, 0.2) is 66.7 Å². The number of fused-ring (bicyclic) bond motifs is 1. The van der Waals surface area contributed by atoms with Gasteiger partial charge < -0.3 is 14.5 Å². The zero-order valence-electron chi connectivity index (χ0n) is 23.4. The molecule has 208 valence electrons. The lowest BCUT2D eigenvalue weighted by atomic mass is 9.86. The van der Waals surface area contributed by atoms with Crippen molar-refractivity contribution >= 4 is 44.8 Å². The van der Waals surface area contributed by atoms with Crippen LogP contribution in [0.2, 0.25) is 5.02 Å². The number of halogens is 1. The quantitative estimate of drug-likeness (QED) is 0.224. The molecule has 5 nitrogen and oxygen atoms in total. The molecule has 1 fully saturated rings. The van der Waals surface area contributed by atoms with Crippen LogP contribution < -0.4 is 4.74 Å². The summed E-state index contributed by atoms with van der Waals surface area (Å²) in [5.41, 5.74) is 3.59. The lowest BCUT2D eigenvalue weighted by Crippen LogP contribution is -2.41. The maximum absolute atomic E-state index is 14.2. The van der Waals surface area contributed by atoms with Crippen LogP contribution in [-0.4, -0.2) is 48.9 Å². The van der Waals surface area contributed by atoms with E-state index < -0.39 is 0 Å². The zero-order chi connectivity index (χ0) is 28.4. The van der Waals surface area contributed by atoms with Crippen LogP contribution >= 0.6 is 22.9 Å². The van der Waals surface area contributed by atoms with E-state index in [-0.39, 0.29) is 17.9 Å². The first kappa shape index (κ1) is 28.2. The number of ether oxygens (including phenoxy) is 1. The van der Waals surface area contributed by atoms with Crippen molar-refractivity contribution in [3.63, 3.8) is 0 Å². The summed E-state index contributed by atoms with van der Waals surface area (Å²) < 4.78 is 6.78. The Hall–Kier alpha value is -3.35. The molecule has 4 aromatic rings. The normalized spacial score (nSPS) is 17.0. The highest BCUT2D eigenvalue weighted by Gasteiger charge is 2.31. The Kier molecular flexibility index (Phi) is 8.48. The number of amides is 2. The summed E-state index contributed by atoms with van der Waals surface area (Å²) in [5.74, 6) is 1.36. The fourth-order valence-electron chi connectivity index (χ4n) is 5.53. The Morgan fingerprint density at radius 2 is 1.60 bits per heavy atom.